The second kappa shape index (κ2) is 11.5. The summed E-state index contributed by atoms with van der Waals surface area (Å²) in [5, 5.41) is 2.76. The van der Waals surface area contributed by atoms with Gasteiger partial charge in [-0.15, -0.1) is 0 Å². The van der Waals surface area contributed by atoms with Crippen LogP contribution in [0.4, 0.5) is 15.8 Å². The standard InChI is InChI=1S/C24H26FN5O4S/c1-3-14-6-4-5-7-17(14)30(24(33)21-18(26)19(22(27)31)29-35-21)20(23(32)28-12-13-34-2)15-8-10-16(25)11-9-15/h4-11,20H,3,12-13,26H2,1-2H3,(H2,27,31)(H,28,32)/t20-/m0/s1. The lowest BCUT2D eigenvalue weighted by Gasteiger charge is -2.32. The van der Waals surface area contributed by atoms with Crippen molar-refractivity contribution in [2.45, 2.75) is 19.4 Å². The number of carbonyl (C=O) groups excluding carboxylic acids is 3. The molecule has 0 saturated carbocycles. The summed E-state index contributed by atoms with van der Waals surface area (Å²) in [5.74, 6) is -2.52. The molecule has 0 spiro atoms. The Morgan fingerprint density at radius 3 is 2.46 bits per heavy atom. The van der Waals surface area contributed by atoms with E-state index in [2.05, 4.69) is 9.69 Å². The number of hydrogen-bond donors (Lipinski definition) is 3. The highest BCUT2D eigenvalue weighted by Crippen LogP contribution is 2.35. The van der Waals surface area contributed by atoms with Crippen molar-refractivity contribution < 1.29 is 23.5 Å². The molecule has 0 radical (unpaired) electrons. The number of primary amides is 1. The van der Waals surface area contributed by atoms with Crippen molar-refractivity contribution in [3.63, 3.8) is 0 Å². The van der Waals surface area contributed by atoms with Crippen LogP contribution in [0.15, 0.2) is 48.5 Å². The van der Waals surface area contributed by atoms with E-state index in [-0.39, 0.29) is 29.4 Å². The number of benzene rings is 2. The molecule has 35 heavy (non-hydrogen) atoms. The van der Waals surface area contributed by atoms with Gasteiger partial charge < -0.3 is 21.5 Å². The lowest BCUT2D eigenvalue weighted by molar-refractivity contribution is -0.122. The van der Waals surface area contributed by atoms with E-state index < -0.39 is 29.6 Å². The van der Waals surface area contributed by atoms with Crippen LogP contribution in [0.25, 0.3) is 0 Å². The zero-order chi connectivity index (χ0) is 25.5. The Morgan fingerprint density at radius 1 is 1.17 bits per heavy atom. The second-order valence-corrected chi connectivity index (χ2v) is 8.31. The quantitative estimate of drug-likeness (QED) is 0.366. The minimum Gasteiger partial charge on any atom is -0.395 e. The third kappa shape index (κ3) is 5.64. The number of halogens is 1. The van der Waals surface area contributed by atoms with Crippen molar-refractivity contribution in [1.29, 1.82) is 0 Å². The van der Waals surface area contributed by atoms with E-state index in [1.807, 2.05) is 19.1 Å². The number of carbonyl (C=O) groups is 3. The number of aromatic nitrogens is 1. The minimum absolute atomic E-state index is 0.0403. The van der Waals surface area contributed by atoms with Crippen LogP contribution >= 0.6 is 11.5 Å². The Labute approximate surface area is 206 Å². The van der Waals surface area contributed by atoms with Crippen LogP contribution in [-0.4, -0.2) is 42.4 Å². The Morgan fingerprint density at radius 2 is 1.86 bits per heavy atom. The molecule has 3 aromatic rings. The first-order chi connectivity index (χ1) is 16.8. The average Bonchev–Trinajstić information content (AvgIpc) is 3.24. The van der Waals surface area contributed by atoms with Gasteiger partial charge in [0.2, 0.25) is 5.91 Å². The number of aryl methyl sites for hydroxylation is 1. The van der Waals surface area contributed by atoms with Gasteiger partial charge in [0, 0.05) is 19.3 Å². The van der Waals surface area contributed by atoms with E-state index in [1.165, 1.54) is 36.3 Å². The van der Waals surface area contributed by atoms with Crippen molar-refractivity contribution in [2.75, 3.05) is 30.9 Å². The van der Waals surface area contributed by atoms with Gasteiger partial charge in [-0.3, -0.25) is 19.3 Å². The number of hydrogen-bond acceptors (Lipinski definition) is 7. The molecule has 3 rings (SSSR count). The normalized spacial score (nSPS) is 11.6. The van der Waals surface area contributed by atoms with E-state index in [4.69, 9.17) is 16.2 Å². The third-order valence-electron chi connectivity index (χ3n) is 5.30. The zero-order valence-electron chi connectivity index (χ0n) is 19.3. The van der Waals surface area contributed by atoms with E-state index >= 15 is 0 Å². The number of ether oxygens (including phenoxy) is 1. The van der Waals surface area contributed by atoms with Crippen molar-refractivity contribution in [1.82, 2.24) is 9.69 Å². The molecule has 11 heteroatoms. The first-order valence-corrected chi connectivity index (χ1v) is 11.6. The largest absolute Gasteiger partial charge is 0.395 e. The molecule has 2 aromatic carbocycles. The van der Waals surface area contributed by atoms with Crippen LogP contribution in [0, 0.1) is 5.82 Å². The summed E-state index contributed by atoms with van der Waals surface area (Å²) in [6.07, 6.45) is 0.562. The highest BCUT2D eigenvalue weighted by molar-refractivity contribution is 7.09. The Balaban J connectivity index is 2.22. The average molecular weight is 500 g/mol. The summed E-state index contributed by atoms with van der Waals surface area (Å²) in [6.45, 7) is 2.36. The lowest BCUT2D eigenvalue weighted by Crippen LogP contribution is -2.45. The number of nitrogens with zero attached hydrogens (tertiary/aromatic N) is 2. The van der Waals surface area contributed by atoms with Gasteiger partial charge in [-0.2, -0.15) is 4.37 Å². The molecule has 3 amide bonds. The fourth-order valence-corrected chi connectivity index (χ4v) is 4.33. The van der Waals surface area contributed by atoms with Crippen molar-refractivity contribution >= 4 is 40.6 Å². The monoisotopic (exact) mass is 499 g/mol. The molecule has 0 unspecified atom stereocenters. The van der Waals surface area contributed by atoms with Crippen LogP contribution in [0.2, 0.25) is 0 Å². The number of nitrogens with two attached hydrogens (primary N) is 2. The van der Waals surface area contributed by atoms with Crippen molar-refractivity contribution in [2.24, 2.45) is 5.73 Å². The van der Waals surface area contributed by atoms with Gasteiger partial charge in [0.1, 0.15) is 16.7 Å². The molecule has 0 aliphatic heterocycles. The van der Waals surface area contributed by atoms with Crippen LogP contribution in [0.1, 0.15) is 44.3 Å². The first kappa shape index (κ1) is 25.8. The molecule has 1 atom stereocenters. The maximum atomic E-state index is 14.0. The highest BCUT2D eigenvalue weighted by Gasteiger charge is 2.36. The van der Waals surface area contributed by atoms with Crippen LogP contribution in [0.3, 0.4) is 0 Å². The highest BCUT2D eigenvalue weighted by atomic mass is 32.1. The zero-order valence-corrected chi connectivity index (χ0v) is 20.1. The van der Waals surface area contributed by atoms with Gasteiger partial charge >= 0.3 is 0 Å². The lowest BCUT2D eigenvalue weighted by atomic mass is 10.0. The molecular formula is C24H26FN5O4S. The Bertz CT molecular complexity index is 1210. The number of nitrogen functional groups attached to an aromatic ring is 1. The number of anilines is 2. The van der Waals surface area contributed by atoms with Gasteiger partial charge in [-0.25, -0.2) is 4.39 Å². The number of rotatable bonds is 10. The smallest absolute Gasteiger partial charge is 0.273 e. The Kier molecular flexibility index (Phi) is 8.50. The molecule has 1 heterocycles. The summed E-state index contributed by atoms with van der Waals surface area (Å²) in [6, 6.07) is 11.2. The molecule has 0 fully saturated rings. The predicted molar refractivity (Wildman–Crippen MR) is 132 cm³/mol. The predicted octanol–water partition coefficient (Wildman–Crippen LogP) is 2.68. The van der Waals surface area contributed by atoms with E-state index in [0.717, 1.165) is 17.1 Å². The van der Waals surface area contributed by atoms with Crippen LogP contribution < -0.4 is 21.7 Å². The Hall–Kier alpha value is -3.83. The molecule has 0 saturated heterocycles. The summed E-state index contributed by atoms with van der Waals surface area (Å²) in [7, 11) is 1.50. The molecule has 0 aliphatic rings. The number of nitrogens with one attached hydrogen (secondary N) is 1. The fraction of sp³-hybridized carbons (Fsp3) is 0.250. The summed E-state index contributed by atoms with van der Waals surface area (Å²) in [5.41, 5.74) is 12.6. The van der Waals surface area contributed by atoms with Crippen LogP contribution in [-0.2, 0) is 16.0 Å². The topological polar surface area (TPSA) is 141 Å². The number of methoxy groups -OCH3 is 1. The molecule has 0 aliphatic carbocycles. The summed E-state index contributed by atoms with van der Waals surface area (Å²) < 4.78 is 22.7. The van der Waals surface area contributed by atoms with Gasteiger partial charge in [0.15, 0.2) is 5.69 Å². The maximum absolute atomic E-state index is 14.0. The third-order valence-corrected chi connectivity index (χ3v) is 6.16. The molecular weight excluding hydrogens is 473 g/mol. The summed E-state index contributed by atoms with van der Waals surface area (Å²) in [4.78, 5) is 40.4. The first-order valence-electron chi connectivity index (χ1n) is 10.8. The number of amides is 3. The number of para-hydroxylation sites is 1. The van der Waals surface area contributed by atoms with Gasteiger partial charge in [-0.05, 0) is 47.3 Å². The molecule has 184 valence electrons. The van der Waals surface area contributed by atoms with Gasteiger partial charge in [0.05, 0.1) is 12.3 Å². The van der Waals surface area contributed by atoms with Gasteiger partial charge in [0.25, 0.3) is 11.8 Å². The van der Waals surface area contributed by atoms with E-state index in [1.54, 1.807) is 12.1 Å². The SMILES string of the molecule is CCc1ccccc1N(C(=O)c1snc(C(N)=O)c1N)[C@H](C(=O)NCCOC)c1ccc(F)cc1. The van der Waals surface area contributed by atoms with E-state index in [9.17, 15) is 18.8 Å². The fourth-order valence-electron chi connectivity index (χ4n) is 3.58. The molecule has 9 nitrogen and oxygen atoms in total. The summed E-state index contributed by atoms with van der Waals surface area (Å²) >= 11 is 0.719. The molecule has 0 bridgehead atoms. The maximum Gasteiger partial charge on any atom is 0.273 e. The molecule has 5 N–H and O–H groups in total. The molecule has 1 aromatic heterocycles. The van der Waals surface area contributed by atoms with Gasteiger partial charge in [-0.1, -0.05) is 37.3 Å². The second-order valence-electron chi connectivity index (χ2n) is 7.53. The van der Waals surface area contributed by atoms with Crippen molar-refractivity contribution in [3.05, 3.63) is 76.0 Å². The van der Waals surface area contributed by atoms with Crippen LogP contribution in [0.5, 0.6) is 0 Å². The minimum atomic E-state index is -1.19. The van der Waals surface area contributed by atoms with E-state index in [0.29, 0.717) is 17.7 Å². The van der Waals surface area contributed by atoms with Crippen molar-refractivity contribution in [3.8, 4) is 0 Å².